The number of fused-ring (bicyclic) bond motifs is 1. The predicted octanol–water partition coefficient (Wildman–Crippen LogP) is 4.96. The number of Topliss-reactive ketones (excluding diaryl/α,β-unsaturated/α-hetero) is 1. The van der Waals surface area contributed by atoms with Crippen molar-refractivity contribution in [3.8, 4) is 0 Å². The van der Waals surface area contributed by atoms with Gasteiger partial charge in [0, 0.05) is 16.7 Å². The van der Waals surface area contributed by atoms with Gasteiger partial charge in [-0.05, 0) is 60.4 Å². The van der Waals surface area contributed by atoms with Gasteiger partial charge in [-0.3, -0.25) is 4.79 Å². The third kappa shape index (κ3) is 4.05. The fourth-order valence-corrected chi connectivity index (χ4v) is 4.76. The Morgan fingerprint density at radius 2 is 1.73 bits per heavy atom. The molecular weight excluding hydrogens is 364 g/mol. The number of rotatable bonds is 6. The minimum Gasteiger partial charge on any atom is -0.294 e. The minimum absolute atomic E-state index is 0.00710. The number of benzene rings is 2. The average molecular weight is 387 g/mol. The molecule has 1 aromatic heterocycles. The average Bonchev–Trinajstić information content (AvgIpc) is 3.04. The molecule has 3 nitrogen and oxygen atoms in total. The first kappa shape index (κ1) is 18.8. The molecule has 0 bridgehead atoms. The van der Waals surface area contributed by atoms with Crippen LogP contribution in [0.4, 0.5) is 0 Å². The van der Waals surface area contributed by atoms with E-state index >= 15 is 0 Å². The lowest BCUT2D eigenvalue weighted by Gasteiger charge is -2.08. The summed E-state index contributed by atoms with van der Waals surface area (Å²) in [6.45, 7) is 5.43. The van der Waals surface area contributed by atoms with Crippen molar-refractivity contribution < 1.29 is 13.2 Å². The molecule has 3 aromatic rings. The van der Waals surface area contributed by atoms with Gasteiger partial charge in [-0.2, -0.15) is 0 Å². The maximum atomic E-state index is 12.6. The number of hydrogen-bond acceptors (Lipinski definition) is 4. The Morgan fingerprint density at radius 1 is 1.04 bits per heavy atom. The van der Waals surface area contributed by atoms with Crippen LogP contribution in [0, 0.1) is 6.92 Å². The molecule has 0 unspecified atom stereocenters. The maximum absolute atomic E-state index is 12.6. The Labute approximate surface area is 158 Å². The van der Waals surface area contributed by atoms with Gasteiger partial charge in [0.15, 0.2) is 15.6 Å². The van der Waals surface area contributed by atoms with E-state index in [9.17, 15) is 13.2 Å². The molecule has 0 saturated heterocycles. The largest absolute Gasteiger partial charge is 0.294 e. The highest BCUT2D eigenvalue weighted by atomic mass is 32.2. The molecule has 26 heavy (non-hydrogen) atoms. The molecule has 1 heterocycles. The van der Waals surface area contributed by atoms with Crippen LogP contribution < -0.4 is 0 Å². The van der Waals surface area contributed by atoms with Gasteiger partial charge in [-0.25, -0.2) is 8.42 Å². The van der Waals surface area contributed by atoms with E-state index in [2.05, 4.69) is 30.5 Å². The third-order valence-corrected chi connectivity index (χ3v) is 7.76. The van der Waals surface area contributed by atoms with Gasteiger partial charge in [-0.1, -0.05) is 30.3 Å². The van der Waals surface area contributed by atoms with E-state index in [-0.39, 0.29) is 11.5 Å². The van der Waals surface area contributed by atoms with Crippen LogP contribution in [0.2, 0.25) is 0 Å². The van der Waals surface area contributed by atoms with Gasteiger partial charge < -0.3 is 0 Å². The quantitative estimate of drug-likeness (QED) is 0.563. The van der Waals surface area contributed by atoms with Crippen molar-refractivity contribution in [2.75, 3.05) is 0 Å². The monoisotopic (exact) mass is 386 g/mol. The number of aryl methyl sites for hydroxylation is 1. The van der Waals surface area contributed by atoms with Gasteiger partial charge in [-0.15, -0.1) is 11.3 Å². The number of sulfone groups is 1. The first-order chi connectivity index (χ1) is 12.3. The highest BCUT2D eigenvalue weighted by Crippen LogP contribution is 2.26. The molecule has 2 aromatic carbocycles. The molecule has 0 aliphatic rings. The summed E-state index contributed by atoms with van der Waals surface area (Å²) in [6, 6.07) is 13.1. The Balaban J connectivity index is 1.75. The van der Waals surface area contributed by atoms with Crippen LogP contribution in [-0.4, -0.2) is 19.5 Å². The van der Waals surface area contributed by atoms with Gasteiger partial charge in [0.25, 0.3) is 0 Å². The van der Waals surface area contributed by atoms with E-state index in [1.165, 1.54) is 15.6 Å². The van der Waals surface area contributed by atoms with Crippen LogP contribution in [0.15, 0.2) is 47.8 Å². The number of ketones is 1. The van der Waals surface area contributed by atoms with Gasteiger partial charge >= 0.3 is 0 Å². The van der Waals surface area contributed by atoms with Crippen LogP contribution in [0.3, 0.4) is 0 Å². The Kier molecular flexibility index (Phi) is 5.30. The highest BCUT2D eigenvalue weighted by Gasteiger charge is 2.17. The topological polar surface area (TPSA) is 51.2 Å². The summed E-state index contributed by atoms with van der Waals surface area (Å²) in [5.41, 5.74) is 3.52. The first-order valence-electron chi connectivity index (χ1n) is 8.57. The summed E-state index contributed by atoms with van der Waals surface area (Å²) in [5.74, 6) is 0.0462. The van der Waals surface area contributed by atoms with Crippen molar-refractivity contribution in [1.82, 2.24) is 0 Å². The molecule has 0 saturated carbocycles. The number of carbonyl (C=O) groups excluding carboxylic acids is 1. The van der Waals surface area contributed by atoms with Crippen LogP contribution in [0.1, 0.15) is 40.9 Å². The van der Waals surface area contributed by atoms with Crippen LogP contribution >= 0.6 is 11.3 Å². The standard InChI is InChI=1S/C21H22O3S2/c1-14(2)26(23,24)13-16-4-6-18(7-5-16)20(22)12-17-10-15(3)21-19(11-17)8-9-25-21/h4-11,14H,12-13H2,1-3H3. The lowest BCUT2D eigenvalue weighted by molar-refractivity contribution is 0.0993. The Bertz CT molecular complexity index is 1040. The number of hydrogen-bond donors (Lipinski definition) is 0. The number of carbonyl (C=O) groups is 1. The first-order valence-corrected chi connectivity index (χ1v) is 11.2. The Hall–Kier alpha value is -1.98. The SMILES string of the molecule is Cc1cc(CC(=O)c2ccc(CS(=O)(=O)C(C)C)cc2)cc2ccsc12. The maximum Gasteiger partial charge on any atom is 0.167 e. The zero-order valence-corrected chi connectivity index (χ0v) is 16.8. The summed E-state index contributed by atoms with van der Waals surface area (Å²) in [6.07, 6.45) is 0.344. The summed E-state index contributed by atoms with van der Waals surface area (Å²) in [4.78, 5) is 12.6. The van der Waals surface area contributed by atoms with Crippen LogP contribution in [0.25, 0.3) is 10.1 Å². The van der Waals surface area contributed by atoms with Crippen molar-refractivity contribution in [2.24, 2.45) is 0 Å². The lowest BCUT2D eigenvalue weighted by atomic mass is 10.00. The second-order valence-corrected chi connectivity index (χ2v) is 10.4. The van der Waals surface area contributed by atoms with Crippen LogP contribution in [0.5, 0.6) is 0 Å². The number of thiophene rings is 1. The second-order valence-electron chi connectivity index (χ2n) is 6.90. The van der Waals surface area contributed by atoms with Crippen molar-refractivity contribution in [3.63, 3.8) is 0 Å². The zero-order valence-electron chi connectivity index (χ0n) is 15.2. The molecule has 0 amide bonds. The van der Waals surface area contributed by atoms with E-state index in [1.807, 2.05) is 0 Å². The smallest absolute Gasteiger partial charge is 0.167 e. The molecule has 0 fully saturated rings. The van der Waals surface area contributed by atoms with Crippen molar-refractivity contribution >= 4 is 37.0 Å². The second kappa shape index (κ2) is 7.33. The molecule has 0 atom stereocenters. The Morgan fingerprint density at radius 3 is 2.38 bits per heavy atom. The van der Waals surface area contributed by atoms with E-state index < -0.39 is 15.1 Å². The molecule has 0 spiro atoms. The summed E-state index contributed by atoms with van der Waals surface area (Å²) in [7, 11) is -3.14. The molecule has 136 valence electrons. The molecular formula is C21H22O3S2. The predicted molar refractivity (Wildman–Crippen MR) is 109 cm³/mol. The van der Waals surface area contributed by atoms with Gasteiger partial charge in [0.2, 0.25) is 0 Å². The zero-order chi connectivity index (χ0) is 18.9. The minimum atomic E-state index is -3.14. The summed E-state index contributed by atoms with van der Waals surface area (Å²) >= 11 is 1.71. The van der Waals surface area contributed by atoms with E-state index in [0.717, 1.165) is 5.56 Å². The lowest BCUT2D eigenvalue weighted by Crippen LogP contribution is -2.16. The third-order valence-electron chi connectivity index (χ3n) is 4.52. The van der Waals surface area contributed by atoms with Gasteiger partial charge in [0.05, 0.1) is 11.0 Å². The van der Waals surface area contributed by atoms with Gasteiger partial charge in [0.1, 0.15) is 0 Å². The normalized spacial score (nSPS) is 12.0. The summed E-state index contributed by atoms with van der Waals surface area (Å²) < 4.78 is 25.3. The molecule has 0 radical (unpaired) electrons. The molecule has 3 rings (SSSR count). The molecule has 0 N–H and O–H groups in total. The van der Waals surface area contributed by atoms with Crippen molar-refractivity contribution in [3.05, 3.63) is 70.1 Å². The van der Waals surface area contributed by atoms with Crippen molar-refractivity contribution in [2.45, 2.75) is 38.2 Å². The van der Waals surface area contributed by atoms with Crippen molar-refractivity contribution in [1.29, 1.82) is 0 Å². The fraction of sp³-hybridized carbons (Fsp3) is 0.286. The molecule has 5 heteroatoms. The van der Waals surface area contributed by atoms with E-state index in [1.54, 1.807) is 49.4 Å². The summed E-state index contributed by atoms with van der Waals surface area (Å²) in [5, 5.41) is 2.83. The molecule has 0 aliphatic heterocycles. The van der Waals surface area contributed by atoms with E-state index in [0.29, 0.717) is 17.5 Å². The van der Waals surface area contributed by atoms with Crippen LogP contribution in [-0.2, 0) is 22.0 Å². The highest BCUT2D eigenvalue weighted by molar-refractivity contribution is 7.91. The molecule has 0 aliphatic carbocycles. The van der Waals surface area contributed by atoms with E-state index in [4.69, 9.17) is 0 Å². The fourth-order valence-electron chi connectivity index (χ4n) is 2.91.